The number of nitrogens with zero attached hydrogens (tertiary/aromatic N) is 1. The second-order valence-electron chi connectivity index (χ2n) is 3.91. The maximum absolute atomic E-state index is 12.1. The average Bonchev–Trinajstić information content (AvgIpc) is 2.98. The van der Waals surface area contributed by atoms with Gasteiger partial charge in [-0.25, -0.2) is 22.9 Å². The summed E-state index contributed by atoms with van der Waals surface area (Å²) in [6.07, 6.45) is 2.17. The number of hydrogen-bond acceptors (Lipinski definition) is 6. The lowest BCUT2D eigenvalue weighted by Gasteiger charge is -2.04. The van der Waals surface area contributed by atoms with Crippen LogP contribution in [0.1, 0.15) is 19.6 Å². The third-order valence-corrected chi connectivity index (χ3v) is 6.08. The van der Waals surface area contributed by atoms with Crippen LogP contribution in [0.5, 0.6) is 0 Å². The monoisotopic (exact) mass is 332 g/mol. The third kappa shape index (κ3) is 3.42. The molecule has 0 spiro atoms. The predicted molar refractivity (Wildman–Crippen MR) is 77.0 cm³/mol. The molecule has 0 fully saturated rings. The van der Waals surface area contributed by atoms with Gasteiger partial charge in [-0.1, -0.05) is 0 Å². The number of carboxylic acid groups (broad SMARTS) is 1. The summed E-state index contributed by atoms with van der Waals surface area (Å²) in [7, 11) is -3.68. The molecule has 108 valence electrons. The molecule has 0 aliphatic rings. The molecule has 0 aromatic carbocycles. The van der Waals surface area contributed by atoms with Gasteiger partial charge in [0.15, 0.2) is 0 Å². The van der Waals surface area contributed by atoms with E-state index in [4.69, 9.17) is 5.11 Å². The molecule has 2 aromatic heterocycles. The standard InChI is InChI=1S/C11H12N2O4S3/c1-7-9(6-8(19-7)11(14)15)20(16,17)13-3-2-10-12-4-5-18-10/h4-6,13H,2-3H2,1H3,(H,14,15). The van der Waals surface area contributed by atoms with Crippen molar-refractivity contribution < 1.29 is 18.3 Å². The van der Waals surface area contributed by atoms with Gasteiger partial charge < -0.3 is 5.11 Å². The van der Waals surface area contributed by atoms with Crippen molar-refractivity contribution in [1.82, 2.24) is 9.71 Å². The Balaban J connectivity index is 2.08. The van der Waals surface area contributed by atoms with Crippen molar-refractivity contribution in [2.24, 2.45) is 0 Å². The van der Waals surface area contributed by atoms with Crippen LogP contribution in [0.3, 0.4) is 0 Å². The Bertz CT molecular complexity index is 704. The van der Waals surface area contributed by atoms with E-state index in [1.165, 1.54) is 17.4 Å². The molecular weight excluding hydrogens is 320 g/mol. The normalized spacial score (nSPS) is 11.7. The highest BCUT2D eigenvalue weighted by molar-refractivity contribution is 7.89. The molecule has 0 atom stereocenters. The molecule has 2 aromatic rings. The van der Waals surface area contributed by atoms with E-state index in [1.807, 2.05) is 5.38 Å². The fourth-order valence-electron chi connectivity index (χ4n) is 1.58. The minimum Gasteiger partial charge on any atom is -0.477 e. The van der Waals surface area contributed by atoms with Crippen LogP contribution in [0.2, 0.25) is 0 Å². The van der Waals surface area contributed by atoms with E-state index in [-0.39, 0.29) is 16.3 Å². The molecule has 2 N–H and O–H groups in total. The predicted octanol–water partition coefficient (Wildman–Crippen LogP) is 1.73. The van der Waals surface area contributed by atoms with E-state index in [0.717, 1.165) is 16.3 Å². The Morgan fingerprint density at radius 3 is 2.80 bits per heavy atom. The maximum Gasteiger partial charge on any atom is 0.345 e. The van der Waals surface area contributed by atoms with Crippen LogP contribution < -0.4 is 4.72 Å². The zero-order chi connectivity index (χ0) is 14.8. The van der Waals surface area contributed by atoms with Crippen molar-refractivity contribution >= 4 is 38.7 Å². The Labute approximate surface area is 124 Å². The van der Waals surface area contributed by atoms with E-state index in [9.17, 15) is 13.2 Å². The van der Waals surface area contributed by atoms with Gasteiger partial charge in [-0.15, -0.1) is 22.7 Å². The molecule has 0 radical (unpaired) electrons. The first-order valence-corrected chi connectivity index (χ1v) is 8.80. The summed E-state index contributed by atoms with van der Waals surface area (Å²) in [5.74, 6) is -1.12. The number of carbonyl (C=O) groups is 1. The SMILES string of the molecule is Cc1sc(C(=O)O)cc1S(=O)(=O)NCCc1nccs1. The highest BCUT2D eigenvalue weighted by Crippen LogP contribution is 2.25. The summed E-state index contributed by atoms with van der Waals surface area (Å²) in [6, 6.07) is 1.19. The number of rotatable bonds is 6. The molecule has 20 heavy (non-hydrogen) atoms. The Hall–Kier alpha value is -1.29. The van der Waals surface area contributed by atoms with Crippen LogP contribution in [-0.4, -0.2) is 31.0 Å². The molecule has 2 rings (SSSR count). The van der Waals surface area contributed by atoms with Gasteiger partial charge >= 0.3 is 5.97 Å². The summed E-state index contributed by atoms with van der Waals surface area (Å²) in [5, 5.41) is 11.6. The summed E-state index contributed by atoms with van der Waals surface area (Å²) in [6.45, 7) is 1.82. The van der Waals surface area contributed by atoms with Crippen molar-refractivity contribution in [3.63, 3.8) is 0 Å². The highest BCUT2D eigenvalue weighted by Gasteiger charge is 2.21. The largest absolute Gasteiger partial charge is 0.477 e. The lowest BCUT2D eigenvalue weighted by molar-refractivity contribution is 0.0702. The van der Waals surface area contributed by atoms with Crippen molar-refractivity contribution in [3.05, 3.63) is 32.4 Å². The zero-order valence-electron chi connectivity index (χ0n) is 10.5. The van der Waals surface area contributed by atoms with E-state index in [0.29, 0.717) is 11.3 Å². The summed E-state index contributed by atoms with van der Waals surface area (Å²) in [4.78, 5) is 15.4. The Kier molecular flexibility index (Phi) is 4.53. The number of aryl methyl sites for hydroxylation is 1. The number of sulfonamides is 1. The first-order valence-electron chi connectivity index (χ1n) is 5.62. The van der Waals surface area contributed by atoms with Gasteiger partial charge in [0.25, 0.3) is 0 Å². The molecule has 0 bridgehead atoms. The number of aromatic nitrogens is 1. The van der Waals surface area contributed by atoms with Gasteiger partial charge in [0, 0.05) is 29.4 Å². The van der Waals surface area contributed by atoms with Crippen LogP contribution in [0.4, 0.5) is 0 Å². The molecule has 0 saturated carbocycles. The van der Waals surface area contributed by atoms with Crippen molar-refractivity contribution in [2.45, 2.75) is 18.2 Å². The number of thiophene rings is 1. The third-order valence-electron chi connectivity index (χ3n) is 2.49. The molecule has 0 aliphatic carbocycles. The fraction of sp³-hybridized carbons (Fsp3) is 0.273. The number of aromatic carboxylic acids is 1. The van der Waals surface area contributed by atoms with Gasteiger partial charge in [0.2, 0.25) is 10.0 Å². The quantitative estimate of drug-likeness (QED) is 0.840. The molecule has 0 unspecified atom stereocenters. The molecule has 0 saturated heterocycles. The molecule has 6 nitrogen and oxygen atoms in total. The van der Waals surface area contributed by atoms with Crippen LogP contribution in [-0.2, 0) is 16.4 Å². The van der Waals surface area contributed by atoms with Crippen molar-refractivity contribution in [3.8, 4) is 0 Å². The van der Waals surface area contributed by atoms with E-state index < -0.39 is 16.0 Å². The maximum atomic E-state index is 12.1. The van der Waals surface area contributed by atoms with Crippen LogP contribution >= 0.6 is 22.7 Å². The van der Waals surface area contributed by atoms with E-state index >= 15 is 0 Å². The fourth-order valence-corrected chi connectivity index (χ4v) is 4.66. The first kappa shape index (κ1) is 15.1. The first-order chi connectivity index (χ1) is 9.40. The summed E-state index contributed by atoms with van der Waals surface area (Å²) >= 11 is 2.41. The number of nitrogens with one attached hydrogen (secondary N) is 1. The van der Waals surface area contributed by atoms with E-state index in [1.54, 1.807) is 13.1 Å². The number of thiazole rings is 1. The van der Waals surface area contributed by atoms with Crippen LogP contribution in [0.15, 0.2) is 22.5 Å². The minimum absolute atomic E-state index is 0.0165. The van der Waals surface area contributed by atoms with Crippen LogP contribution in [0, 0.1) is 6.92 Å². The summed E-state index contributed by atoms with van der Waals surface area (Å²) < 4.78 is 26.7. The number of carboxylic acids is 1. The second kappa shape index (κ2) is 6.00. The lowest BCUT2D eigenvalue weighted by Crippen LogP contribution is -2.26. The molecule has 9 heteroatoms. The van der Waals surface area contributed by atoms with Gasteiger partial charge in [0.05, 0.1) is 9.90 Å². The van der Waals surface area contributed by atoms with Crippen molar-refractivity contribution in [2.75, 3.05) is 6.54 Å². The van der Waals surface area contributed by atoms with Gasteiger partial charge in [-0.05, 0) is 13.0 Å². The topological polar surface area (TPSA) is 96.4 Å². The van der Waals surface area contributed by atoms with Gasteiger partial charge in [-0.3, -0.25) is 0 Å². The molecule has 0 amide bonds. The molecule has 2 heterocycles. The smallest absolute Gasteiger partial charge is 0.345 e. The molecular formula is C11H12N2O4S3. The number of hydrogen-bond donors (Lipinski definition) is 2. The molecule has 0 aliphatic heterocycles. The van der Waals surface area contributed by atoms with Gasteiger partial charge in [0.1, 0.15) is 4.88 Å². The summed E-state index contributed by atoms with van der Waals surface area (Å²) in [5.41, 5.74) is 0. The van der Waals surface area contributed by atoms with Crippen molar-refractivity contribution in [1.29, 1.82) is 0 Å². The van der Waals surface area contributed by atoms with Crippen LogP contribution in [0.25, 0.3) is 0 Å². The van der Waals surface area contributed by atoms with E-state index in [2.05, 4.69) is 9.71 Å². The zero-order valence-corrected chi connectivity index (χ0v) is 12.9. The lowest BCUT2D eigenvalue weighted by atomic mass is 10.4. The Morgan fingerprint density at radius 2 is 2.25 bits per heavy atom. The second-order valence-corrected chi connectivity index (χ2v) is 7.88. The Morgan fingerprint density at radius 1 is 1.50 bits per heavy atom. The minimum atomic E-state index is -3.68. The average molecular weight is 332 g/mol. The highest BCUT2D eigenvalue weighted by atomic mass is 32.2. The van der Waals surface area contributed by atoms with Gasteiger partial charge in [-0.2, -0.15) is 0 Å².